The number of aliphatic carboxylic acids is 1. The topological polar surface area (TPSA) is 86.7 Å². The number of likely N-dealkylation sites (tertiary alicyclic amines) is 1. The molecular formula is C13H22N2O4. The number of carboxylic acids is 1. The van der Waals surface area contributed by atoms with E-state index in [1.54, 1.807) is 4.90 Å². The number of carbonyl (C=O) groups excluding carboxylic acids is 2. The summed E-state index contributed by atoms with van der Waals surface area (Å²) in [6.07, 6.45) is 3.27. The summed E-state index contributed by atoms with van der Waals surface area (Å²) in [6, 6.07) is -0.380. The highest BCUT2D eigenvalue weighted by Crippen LogP contribution is 2.15. The third kappa shape index (κ3) is 4.89. The first-order valence-electron chi connectivity index (χ1n) is 6.85. The lowest BCUT2D eigenvalue weighted by molar-refractivity contribution is -0.137. The molecule has 1 rings (SSSR count). The number of nitrogens with one attached hydrogen (secondary N) is 1. The Morgan fingerprint density at radius 2 is 2.16 bits per heavy atom. The van der Waals surface area contributed by atoms with Crippen molar-refractivity contribution in [3.05, 3.63) is 0 Å². The number of unbranched alkanes of at least 4 members (excludes halogenated alkanes) is 1. The second kappa shape index (κ2) is 7.76. The van der Waals surface area contributed by atoms with E-state index in [1.165, 1.54) is 0 Å². The number of carbonyl (C=O) groups is 3. The van der Waals surface area contributed by atoms with Crippen molar-refractivity contribution < 1.29 is 19.5 Å². The normalized spacial score (nSPS) is 16.5. The van der Waals surface area contributed by atoms with Crippen LogP contribution in [0.25, 0.3) is 0 Å². The molecule has 2 N–H and O–H groups in total. The summed E-state index contributed by atoms with van der Waals surface area (Å²) in [4.78, 5) is 35.6. The van der Waals surface area contributed by atoms with Gasteiger partial charge in [0.1, 0.15) is 6.04 Å². The molecule has 1 unspecified atom stereocenters. The van der Waals surface area contributed by atoms with Crippen molar-refractivity contribution in [3.63, 3.8) is 0 Å². The molecule has 1 aliphatic rings. The zero-order valence-electron chi connectivity index (χ0n) is 11.4. The number of amides is 2. The highest BCUT2D eigenvalue weighted by molar-refractivity contribution is 5.88. The molecule has 0 aromatic carbocycles. The van der Waals surface area contributed by atoms with Crippen LogP contribution in [0.5, 0.6) is 0 Å². The minimum absolute atomic E-state index is 0.0490. The maximum atomic E-state index is 12.0. The fraction of sp³-hybridized carbons (Fsp3) is 0.769. The first kappa shape index (κ1) is 15.5. The molecule has 1 saturated heterocycles. The summed E-state index contributed by atoms with van der Waals surface area (Å²) in [5.74, 6) is -0.902. The minimum atomic E-state index is -0.819. The summed E-state index contributed by atoms with van der Waals surface area (Å²) >= 11 is 0. The Morgan fingerprint density at radius 3 is 2.68 bits per heavy atom. The van der Waals surface area contributed by atoms with Gasteiger partial charge in [0.25, 0.3) is 0 Å². The largest absolute Gasteiger partial charge is 0.481 e. The van der Waals surface area contributed by atoms with Gasteiger partial charge < -0.3 is 15.3 Å². The van der Waals surface area contributed by atoms with Crippen molar-refractivity contribution in [1.29, 1.82) is 0 Å². The molecule has 0 radical (unpaired) electrons. The molecule has 1 atom stereocenters. The van der Waals surface area contributed by atoms with Crippen molar-refractivity contribution in [2.45, 2.75) is 51.5 Å². The monoisotopic (exact) mass is 270 g/mol. The van der Waals surface area contributed by atoms with Crippen molar-refractivity contribution in [3.8, 4) is 0 Å². The fourth-order valence-corrected chi connectivity index (χ4v) is 2.28. The molecule has 108 valence electrons. The van der Waals surface area contributed by atoms with Gasteiger partial charge in [0.05, 0.1) is 0 Å². The van der Waals surface area contributed by atoms with Gasteiger partial charge in [0, 0.05) is 25.9 Å². The third-order valence-corrected chi connectivity index (χ3v) is 3.29. The minimum Gasteiger partial charge on any atom is -0.481 e. The molecular weight excluding hydrogens is 248 g/mol. The van der Waals surface area contributed by atoms with Gasteiger partial charge in [-0.05, 0) is 25.7 Å². The predicted molar refractivity (Wildman–Crippen MR) is 69.5 cm³/mol. The third-order valence-electron chi connectivity index (χ3n) is 3.29. The van der Waals surface area contributed by atoms with Crippen LogP contribution in [-0.2, 0) is 14.4 Å². The predicted octanol–water partition coefficient (Wildman–Crippen LogP) is 0.758. The number of rotatable bonds is 8. The molecule has 0 saturated carbocycles. The van der Waals surface area contributed by atoms with Crippen LogP contribution < -0.4 is 5.32 Å². The molecule has 6 heteroatoms. The van der Waals surface area contributed by atoms with Gasteiger partial charge in [-0.1, -0.05) is 6.92 Å². The van der Waals surface area contributed by atoms with Crippen LogP contribution >= 0.6 is 0 Å². The quantitative estimate of drug-likeness (QED) is 0.637. The number of hydrogen-bond acceptors (Lipinski definition) is 3. The standard InChI is InChI=1S/C13H22N2O4/c1-2-10(15-9-5-6-11(15)16)13(19)14-8-4-3-7-12(17)18/h10H,2-9H2,1H3,(H,14,19)(H,17,18). The average Bonchev–Trinajstić information content (AvgIpc) is 2.76. The summed E-state index contributed by atoms with van der Waals surface area (Å²) < 4.78 is 0. The molecule has 19 heavy (non-hydrogen) atoms. The first-order chi connectivity index (χ1) is 9.06. The van der Waals surface area contributed by atoms with Gasteiger partial charge in [0.2, 0.25) is 11.8 Å². The highest BCUT2D eigenvalue weighted by atomic mass is 16.4. The Morgan fingerprint density at radius 1 is 1.42 bits per heavy atom. The first-order valence-corrected chi connectivity index (χ1v) is 6.85. The van der Waals surface area contributed by atoms with Crippen molar-refractivity contribution in [2.24, 2.45) is 0 Å². The molecule has 0 spiro atoms. The second-order valence-electron chi connectivity index (χ2n) is 4.76. The van der Waals surface area contributed by atoms with Crippen LogP contribution in [0.4, 0.5) is 0 Å². The van der Waals surface area contributed by atoms with E-state index in [9.17, 15) is 14.4 Å². The lowest BCUT2D eigenvalue weighted by Crippen LogP contribution is -2.47. The van der Waals surface area contributed by atoms with Gasteiger partial charge in [0.15, 0.2) is 0 Å². The van der Waals surface area contributed by atoms with E-state index in [-0.39, 0.29) is 24.3 Å². The van der Waals surface area contributed by atoms with Gasteiger partial charge >= 0.3 is 5.97 Å². The summed E-state index contributed by atoms with van der Waals surface area (Å²) in [7, 11) is 0. The van der Waals surface area contributed by atoms with E-state index in [0.717, 1.165) is 6.42 Å². The molecule has 1 aliphatic heterocycles. The maximum absolute atomic E-state index is 12.0. The van der Waals surface area contributed by atoms with Crippen molar-refractivity contribution >= 4 is 17.8 Å². The van der Waals surface area contributed by atoms with Crippen LogP contribution in [0, 0.1) is 0 Å². The van der Waals surface area contributed by atoms with E-state index in [1.807, 2.05) is 6.92 Å². The lowest BCUT2D eigenvalue weighted by Gasteiger charge is -2.25. The van der Waals surface area contributed by atoms with Gasteiger partial charge in [-0.25, -0.2) is 0 Å². The van der Waals surface area contributed by atoms with Crippen LogP contribution in [0.2, 0.25) is 0 Å². The molecule has 6 nitrogen and oxygen atoms in total. The Labute approximate surface area is 113 Å². The van der Waals surface area contributed by atoms with Crippen LogP contribution in [0.3, 0.4) is 0 Å². The van der Waals surface area contributed by atoms with Gasteiger partial charge in [-0.3, -0.25) is 14.4 Å². The number of hydrogen-bond donors (Lipinski definition) is 2. The number of carboxylic acid groups (broad SMARTS) is 1. The summed E-state index contributed by atoms with van der Waals surface area (Å²) in [5, 5.41) is 11.3. The van der Waals surface area contributed by atoms with E-state index in [4.69, 9.17) is 5.11 Å². The Bertz CT molecular complexity index is 344. The molecule has 0 aliphatic carbocycles. The smallest absolute Gasteiger partial charge is 0.303 e. The molecule has 0 aromatic heterocycles. The second-order valence-corrected chi connectivity index (χ2v) is 4.76. The Kier molecular flexibility index (Phi) is 6.32. The SMILES string of the molecule is CCC(C(=O)NCCCCC(=O)O)N1CCCC1=O. The Hall–Kier alpha value is -1.59. The van der Waals surface area contributed by atoms with Crippen molar-refractivity contribution in [2.75, 3.05) is 13.1 Å². The van der Waals surface area contributed by atoms with Crippen LogP contribution in [0.1, 0.15) is 45.4 Å². The summed E-state index contributed by atoms with van der Waals surface area (Å²) in [6.45, 7) is 3.01. The maximum Gasteiger partial charge on any atom is 0.303 e. The van der Waals surface area contributed by atoms with Crippen LogP contribution in [-0.4, -0.2) is 46.9 Å². The Balaban J connectivity index is 2.30. The lowest BCUT2D eigenvalue weighted by atomic mass is 10.1. The fourth-order valence-electron chi connectivity index (χ4n) is 2.28. The summed E-state index contributed by atoms with van der Waals surface area (Å²) in [5.41, 5.74) is 0. The zero-order chi connectivity index (χ0) is 14.3. The molecule has 1 heterocycles. The van der Waals surface area contributed by atoms with Gasteiger partial charge in [-0.2, -0.15) is 0 Å². The molecule has 1 fully saturated rings. The van der Waals surface area contributed by atoms with Crippen molar-refractivity contribution in [1.82, 2.24) is 10.2 Å². The highest BCUT2D eigenvalue weighted by Gasteiger charge is 2.31. The van der Waals surface area contributed by atoms with E-state index in [2.05, 4.69) is 5.32 Å². The van der Waals surface area contributed by atoms with E-state index >= 15 is 0 Å². The molecule has 0 aromatic rings. The van der Waals surface area contributed by atoms with Gasteiger partial charge in [-0.15, -0.1) is 0 Å². The van der Waals surface area contributed by atoms with E-state index in [0.29, 0.717) is 38.8 Å². The molecule has 2 amide bonds. The molecule has 0 bridgehead atoms. The number of nitrogens with zero attached hydrogens (tertiary/aromatic N) is 1. The zero-order valence-corrected chi connectivity index (χ0v) is 11.4. The van der Waals surface area contributed by atoms with Crippen LogP contribution in [0.15, 0.2) is 0 Å². The average molecular weight is 270 g/mol. The van der Waals surface area contributed by atoms with E-state index < -0.39 is 5.97 Å².